The number of hydrogen-bond donors (Lipinski definition) is 1. The smallest absolute Gasteiger partial charge is 0.311 e. The van der Waals surface area contributed by atoms with Gasteiger partial charge in [0.1, 0.15) is 11.9 Å². The maximum Gasteiger partial charge on any atom is 0.311 e. The Labute approximate surface area is 164 Å². The van der Waals surface area contributed by atoms with Gasteiger partial charge in [-0.2, -0.15) is 0 Å². The fraction of sp³-hybridized carbons (Fsp3) is 0.632. The van der Waals surface area contributed by atoms with Gasteiger partial charge in [0.15, 0.2) is 0 Å². The van der Waals surface area contributed by atoms with E-state index in [2.05, 4.69) is 10.2 Å². The minimum atomic E-state index is -0.0868. The third-order valence-corrected chi connectivity index (χ3v) is 5.91. The first kappa shape index (κ1) is 19.7. The van der Waals surface area contributed by atoms with Gasteiger partial charge in [-0.15, -0.1) is 0 Å². The summed E-state index contributed by atoms with van der Waals surface area (Å²) in [6, 6.07) is 5.62. The lowest BCUT2D eigenvalue weighted by atomic mass is 9.90. The third-order valence-electron chi connectivity index (χ3n) is 5.17. The van der Waals surface area contributed by atoms with Gasteiger partial charge in [-0.25, -0.2) is 0 Å². The predicted molar refractivity (Wildman–Crippen MR) is 103 cm³/mol. The van der Waals surface area contributed by atoms with Crippen LogP contribution in [0.1, 0.15) is 26.2 Å². The highest BCUT2D eigenvalue weighted by molar-refractivity contribution is 6.42. The molecular weight excluding hydrogens is 375 g/mol. The van der Waals surface area contributed by atoms with Gasteiger partial charge in [0.25, 0.3) is 0 Å². The van der Waals surface area contributed by atoms with E-state index in [1.165, 1.54) is 0 Å². The molecule has 144 valence electrons. The van der Waals surface area contributed by atoms with Gasteiger partial charge in [0.05, 0.1) is 22.6 Å². The Morgan fingerprint density at radius 1 is 1.23 bits per heavy atom. The fourth-order valence-electron chi connectivity index (χ4n) is 3.84. The van der Waals surface area contributed by atoms with E-state index in [4.69, 9.17) is 32.7 Å². The van der Waals surface area contributed by atoms with Gasteiger partial charge in [-0.1, -0.05) is 23.2 Å². The molecule has 3 rings (SSSR count). The second-order valence-corrected chi connectivity index (χ2v) is 7.66. The van der Waals surface area contributed by atoms with Crippen molar-refractivity contribution in [1.29, 1.82) is 0 Å². The number of hydrogen-bond acceptors (Lipinski definition) is 5. The number of esters is 1. The number of benzene rings is 1. The normalized spacial score (nSPS) is 25.0. The summed E-state index contributed by atoms with van der Waals surface area (Å²) in [5, 5.41) is 4.36. The average Bonchev–Trinajstić information content (AvgIpc) is 2.66. The quantitative estimate of drug-likeness (QED) is 0.767. The van der Waals surface area contributed by atoms with Crippen molar-refractivity contribution in [1.82, 2.24) is 10.2 Å². The number of piperidine rings is 2. The molecule has 1 aromatic rings. The summed E-state index contributed by atoms with van der Waals surface area (Å²) >= 11 is 12.0. The molecule has 2 heterocycles. The Balaban J connectivity index is 1.55. The topological polar surface area (TPSA) is 50.8 Å². The van der Waals surface area contributed by atoms with E-state index in [1.807, 2.05) is 13.0 Å². The Morgan fingerprint density at radius 3 is 2.69 bits per heavy atom. The molecule has 2 fully saturated rings. The van der Waals surface area contributed by atoms with Crippen LogP contribution in [0, 0.1) is 5.92 Å². The Kier molecular flexibility index (Phi) is 7.04. The molecule has 5 nitrogen and oxygen atoms in total. The lowest BCUT2D eigenvalue weighted by Crippen LogP contribution is -2.55. The van der Waals surface area contributed by atoms with Gasteiger partial charge < -0.3 is 14.8 Å². The number of nitrogens with zero attached hydrogens (tertiary/aromatic N) is 1. The molecule has 0 radical (unpaired) electrons. The van der Waals surface area contributed by atoms with Crippen LogP contribution >= 0.6 is 23.2 Å². The van der Waals surface area contributed by atoms with Crippen LogP contribution in [0.3, 0.4) is 0 Å². The lowest BCUT2D eigenvalue weighted by molar-refractivity contribution is -0.151. The number of rotatable bonds is 5. The fourth-order valence-corrected chi connectivity index (χ4v) is 4.13. The van der Waals surface area contributed by atoms with Crippen molar-refractivity contribution in [2.45, 2.75) is 38.3 Å². The van der Waals surface area contributed by atoms with Gasteiger partial charge in [-0.3, -0.25) is 9.69 Å². The van der Waals surface area contributed by atoms with Crippen molar-refractivity contribution in [3.8, 4) is 5.75 Å². The maximum atomic E-state index is 12.3. The summed E-state index contributed by atoms with van der Waals surface area (Å²) in [6.45, 7) is 5.78. The van der Waals surface area contributed by atoms with Crippen LogP contribution in [0.25, 0.3) is 0 Å². The molecule has 7 heteroatoms. The first-order valence-electron chi connectivity index (χ1n) is 9.31. The van der Waals surface area contributed by atoms with E-state index >= 15 is 0 Å². The molecule has 0 amide bonds. The lowest BCUT2D eigenvalue weighted by Gasteiger charge is -2.42. The van der Waals surface area contributed by atoms with Gasteiger partial charge in [0, 0.05) is 31.7 Å². The summed E-state index contributed by atoms with van der Waals surface area (Å²) in [5.74, 6) is 0.583. The summed E-state index contributed by atoms with van der Waals surface area (Å²) in [4.78, 5) is 14.7. The number of nitrogens with one attached hydrogen (secondary N) is 1. The highest BCUT2D eigenvalue weighted by Crippen LogP contribution is 2.29. The van der Waals surface area contributed by atoms with Crippen molar-refractivity contribution in [3.05, 3.63) is 28.2 Å². The molecule has 2 saturated heterocycles. The van der Waals surface area contributed by atoms with Crippen LogP contribution in [0.2, 0.25) is 10.0 Å². The molecule has 0 spiro atoms. The van der Waals surface area contributed by atoms with Crippen molar-refractivity contribution in [3.63, 3.8) is 0 Å². The van der Waals surface area contributed by atoms with Crippen molar-refractivity contribution >= 4 is 29.2 Å². The second-order valence-electron chi connectivity index (χ2n) is 6.85. The summed E-state index contributed by atoms with van der Waals surface area (Å²) in [6.07, 6.45) is 2.99. The Morgan fingerprint density at radius 2 is 2.00 bits per heavy atom. The molecular formula is C19H26Cl2N2O3. The number of carbonyl (C=O) groups excluding carboxylic acids is 1. The molecule has 0 saturated carbocycles. The molecule has 2 aliphatic rings. The van der Waals surface area contributed by atoms with E-state index in [9.17, 15) is 4.79 Å². The third kappa shape index (κ3) is 4.83. The van der Waals surface area contributed by atoms with E-state index in [1.54, 1.807) is 12.1 Å². The van der Waals surface area contributed by atoms with Gasteiger partial charge in [0.2, 0.25) is 0 Å². The summed E-state index contributed by atoms with van der Waals surface area (Å²) in [5.41, 5.74) is 0. The van der Waals surface area contributed by atoms with E-state index < -0.39 is 0 Å². The molecule has 26 heavy (non-hydrogen) atoms. The zero-order chi connectivity index (χ0) is 18.5. The largest absolute Gasteiger partial charge is 0.490 e. The van der Waals surface area contributed by atoms with E-state index in [0.717, 1.165) is 44.6 Å². The highest BCUT2D eigenvalue weighted by atomic mass is 35.5. The second kappa shape index (κ2) is 9.27. The molecule has 0 aromatic heterocycles. The Bertz CT molecular complexity index is 621. The average molecular weight is 401 g/mol. The van der Waals surface area contributed by atoms with E-state index in [0.29, 0.717) is 23.2 Å². The minimum Gasteiger partial charge on any atom is -0.490 e. The van der Waals surface area contributed by atoms with Crippen LogP contribution in [0.5, 0.6) is 5.75 Å². The van der Waals surface area contributed by atoms with Crippen molar-refractivity contribution in [2.75, 3.05) is 32.8 Å². The molecule has 1 aromatic carbocycles. The van der Waals surface area contributed by atoms with Crippen LogP contribution in [0.4, 0.5) is 0 Å². The molecule has 2 atom stereocenters. The Hall–Kier alpha value is -1.01. The first-order valence-corrected chi connectivity index (χ1v) is 10.1. The molecule has 0 unspecified atom stereocenters. The first-order chi connectivity index (χ1) is 12.6. The summed E-state index contributed by atoms with van der Waals surface area (Å²) < 4.78 is 11.3. The molecule has 2 aliphatic heterocycles. The van der Waals surface area contributed by atoms with Gasteiger partial charge >= 0.3 is 5.97 Å². The van der Waals surface area contributed by atoms with Crippen molar-refractivity contribution < 1.29 is 14.3 Å². The zero-order valence-electron chi connectivity index (χ0n) is 15.0. The minimum absolute atomic E-state index is 0.0844. The number of ether oxygens (including phenoxy) is 2. The molecule has 1 N–H and O–H groups in total. The van der Waals surface area contributed by atoms with Gasteiger partial charge in [-0.05, 0) is 44.9 Å². The van der Waals surface area contributed by atoms with E-state index in [-0.39, 0.29) is 24.0 Å². The zero-order valence-corrected chi connectivity index (χ0v) is 16.6. The van der Waals surface area contributed by atoms with Crippen LogP contribution < -0.4 is 10.1 Å². The van der Waals surface area contributed by atoms with Crippen molar-refractivity contribution in [2.24, 2.45) is 5.92 Å². The number of halogens is 2. The predicted octanol–water partition coefficient (Wildman–Crippen LogP) is 3.38. The monoisotopic (exact) mass is 400 g/mol. The highest BCUT2D eigenvalue weighted by Gasteiger charge is 2.37. The molecule has 0 bridgehead atoms. The number of likely N-dealkylation sites (tertiary alicyclic amines) is 1. The maximum absolute atomic E-state index is 12.3. The SMILES string of the molecule is CCOC(=O)[C@@H]1CNCC[C@H]1N1CCC(Oc2ccc(Cl)c(Cl)c2)CC1. The summed E-state index contributed by atoms with van der Waals surface area (Å²) in [7, 11) is 0. The molecule has 0 aliphatic carbocycles. The van der Waals surface area contributed by atoms with Crippen LogP contribution in [0.15, 0.2) is 18.2 Å². The van der Waals surface area contributed by atoms with Crippen LogP contribution in [-0.2, 0) is 9.53 Å². The standard InChI is InChI=1S/C19H26Cl2N2O3/c1-2-25-19(24)15-12-22-8-5-18(15)23-9-6-13(7-10-23)26-14-3-4-16(20)17(21)11-14/h3-4,11,13,15,18,22H,2,5-10,12H2,1H3/t15-,18-/m1/s1. The number of carbonyl (C=O) groups is 1. The van der Waals surface area contributed by atoms with Crippen LogP contribution in [-0.4, -0.2) is 55.8 Å².